The van der Waals surface area contributed by atoms with Gasteiger partial charge in [0.05, 0.1) is 6.54 Å². The standard InChI is InChI=1S/C10H19N3O2/c11-4-1-7-13-8-10(15-9(13)14)2-5-12-6-3-10/h12H,1-8,11H2. The molecular weight excluding hydrogens is 194 g/mol. The third kappa shape index (κ3) is 2.23. The number of ether oxygens (including phenoxy) is 1. The smallest absolute Gasteiger partial charge is 0.410 e. The monoisotopic (exact) mass is 213 g/mol. The average molecular weight is 213 g/mol. The van der Waals surface area contributed by atoms with Crippen LogP contribution >= 0.6 is 0 Å². The highest BCUT2D eigenvalue weighted by Gasteiger charge is 2.45. The lowest BCUT2D eigenvalue weighted by Crippen LogP contribution is -2.45. The van der Waals surface area contributed by atoms with Crippen molar-refractivity contribution in [2.75, 3.05) is 32.7 Å². The molecule has 2 fully saturated rings. The number of hydrogen-bond donors (Lipinski definition) is 2. The summed E-state index contributed by atoms with van der Waals surface area (Å²) in [5.41, 5.74) is 5.22. The molecule has 3 N–H and O–H groups in total. The largest absolute Gasteiger partial charge is 0.441 e. The fraction of sp³-hybridized carbons (Fsp3) is 0.900. The number of nitrogens with one attached hydrogen (secondary N) is 1. The van der Waals surface area contributed by atoms with Crippen molar-refractivity contribution in [2.24, 2.45) is 5.73 Å². The number of rotatable bonds is 3. The van der Waals surface area contributed by atoms with Gasteiger partial charge in [-0.1, -0.05) is 0 Å². The molecule has 0 aliphatic carbocycles. The van der Waals surface area contributed by atoms with Gasteiger partial charge in [0.1, 0.15) is 5.60 Å². The molecule has 0 aromatic carbocycles. The van der Waals surface area contributed by atoms with Crippen LogP contribution in [0.5, 0.6) is 0 Å². The molecule has 0 atom stereocenters. The maximum absolute atomic E-state index is 11.6. The predicted molar refractivity (Wildman–Crippen MR) is 56.6 cm³/mol. The zero-order chi connectivity index (χ0) is 10.7. The van der Waals surface area contributed by atoms with Crippen LogP contribution in [0.1, 0.15) is 19.3 Å². The van der Waals surface area contributed by atoms with E-state index >= 15 is 0 Å². The average Bonchev–Trinajstić information content (AvgIpc) is 2.53. The summed E-state index contributed by atoms with van der Waals surface area (Å²) < 4.78 is 5.51. The van der Waals surface area contributed by atoms with Crippen LogP contribution in [-0.2, 0) is 4.74 Å². The third-order valence-electron chi connectivity index (χ3n) is 3.19. The molecular formula is C10H19N3O2. The lowest BCUT2D eigenvalue weighted by Gasteiger charge is -2.31. The van der Waals surface area contributed by atoms with Crippen molar-refractivity contribution in [3.63, 3.8) is 0 Å². The number of carbonyl (C=O) groups excluding carboxylic acids is 1. The van der Waals surface area contributed by atoms with Crippen LogP contribution in [0.4, 0.5) is 4.79 Å². The fourth-order valence-corrected chi connectivity index (χ4v) is 2.29. The van der Waals surface area contributed by atoms with Gasteiger partial charge in [-0.25, -0.2) is 4.79 Å². The Labute approximate surface area is 89.9 Å². The van der Waals surface area contributed by atoms with Gasteiger partial charge in [0.2, 0.25) is 0 Å². The topological polar surface area (TPSA) is 67.6 Å². The Bertz CT molecular complexity index is 239. The van der Waals surface area contributed by atoms with E-state index in [0.717, 1.165) is 45.4 Å². The van der Waals surface area contributed by atoms with E-state index in [9.17, 15) is 4.79 Å². The minimum absolute atomic E-state index is 0.162. The van der Waals surface area contributed by atoms with E-state index in [1.54, 1.807) is 4.90 Å². The molecule has 2 saturated heterocycles. The molecule has 0 radical (unpaired) electrons. The molecule has 15 heavy (non-hydrogen) atoms. The van der Waals surface area contributed by atoms with Crippen LogP contribution in [0.3, 0.4) is 0 Å². The van der Waals surface area contributed by atoms with Crippen molar-refractivity contribution in [1.29, 1.82) is 0 Å². The molecule has 1 spiro atoms. The van der Waals surface area contributed by atoms with E-state index in [2.05, 4.69) is 5.32 Å². The summed E-state index contributed by atoms with van der Waals surface area (Å²) in [6.07, 6.45) is 2.55. The highest BCUT2D eigenvalue weighted by molar-refractivity contribution is 5.70. The van der Waals surface area contributed by atoms with Gasteiger partial charge in [0.15, 0.2) is 0 Å². The van der Waals surface area contributed by atoms with E-state index in [1.807, 2.05) is 0 Å². The summed E-state index contributed by atoms with van der Waals surface area (Å²) in [5.74, 6) is 0. The van der Waals surface area contributed by atoms with Gasteiger partial charge in [-0.05, 0) is 26.1 Å². The quantitative estimate of drug-likeness (QED) is 0.687. The van der Waals surface area contributed by atoms with Crippen molar-refractivity contribution in [2.45, 2.75) is 24.9 Å². The van der Waals surface area contributed by atoms with Gasteiger partial charge in [-0.3, -0.25) is 0 Å². The van der Waals surface area contributed by atoms with Gasteiger partial charge >= 0.3 is 6.09 Å². The molecule has 5 nitrogen and oxygen atoms in total. The second-order valence-electron chi connectivity index (χ2n) is 4.36. The van der Waals surface area contributed by atoms with Crippen molar-refractivity contribution < 1.29 is 9.53 Å². The first-order valence-electron chi connectivity index (χ1n) is 5.64. The van der Waals surface area contributed by atoms with E-state index in [1.165, 1.54) is 0 Å². The molecule has 2 heterocycles. The van der Waals surface area contributed by atoms with Crippen LogP contribution < -0.4 is 11.1 Å². The second-order valence-corrected chi connectivity index (χ2v) is 4.36. The minimum atomic E-state index is -0.211. The lowest BCUT2D eigenvalue weighted by atomic mass is 9.92. The number of amides is 1. The Kier molecular flexibility index (Phi) is 3.11. The molecule has 0 bridgehead atoms. The van der Waals surface area contributed by atoms with Crippen molar-refractivity contribution >= 4 is 6.09 Å². The number of carbonyl (C=O) groups is 1. The molecule has 2 rings (SSSR count). The summed E-state index contributed by atoms with van der Waals surface area (Å²) in [5, 5.41) is 3.28. The van der Waals surface area contributed by atoms with Gasteiger partial charge in [-0.2, -0.15) is 0 Å². The summed E-state index contributed by atoms with van der Waals surface area (Å²) in [6, 6.07) is 0. The number of nitrogens with two attached hydrogens (primary N) is 1. The van der Waals surface area contributed by atoms with E-state index in [4.69, 9.17) is 10.5 Å². The maximum Gasteiger partial charge on any atom is 0.410 e. The zero-order valence-electron chi connectivity index (χ0n) is 9.00. The lowest BCUT2D eigenvalue weighted by molar-refractivity contribution is 0.0316. The van der Waals surface area contributed by atoms with Crippen LogP contribution in [0.15, 0.2) is 0 Å². The predicted octanol–water partition coefficient (Wildman–Crippen LogP) is -0.0904. The molecule has 86 valence electrons. The fourth-order valence-electron chi connectivity index (χ4n) is 2.29. The maximum atomic E-state index is 11.6. The molecule has 1 amide bonds. The van der Waals surface area contributed by atoms with E-state index < -0.39 is 0 Å². The highest BCUT2D eigenvalue weighted by atomic mass is 16.6. The molecule has 2 aliphatic heterocycles. The van der Waals surface area contributed by atoms with Crippen LogP contribution in [0.2, 0.25) is 0 Å². The van der Waals surface area contributed by atoms with Crippen molar-refractivity contribution in [1.82, 2.24) is 10.2 Å². The molecule has 0 saturated carbocycles. The Morgan fingerprint density at radius 2 is 2.20 bits per heavy atom. The zero-order valence-corrected chi connectivity index (χ0v) is 9.00. The Balaban J connectivity index is 1.92. The second kappa shape index (κ2) is 4.37. The van der Waals surface area contributed by atoms with Crippen molar-refractivity contribution in [3.05, 3.63) is 0 Å². The minimum Gasteiger partial charge on any atom is -0.441 e. The molecule has 0 aromatic heterocycles. The molecule has 2 aliphatic rings. The van der Waals surface area contributed by atoms with E-state index in [-0.39, 0.29) is 11.7 Å². The molecule has 5 heteroatoms. The van der Waals surface area contributed by atoms with Gasteiger partial charge in [0, 0.05) is 19.4 Å². The molecule has 0 aromatic rings. The first-order chi connectivity index (χ1) is 7.26. The first kappa shape index (κ1) is 10.7. The van der Waals surface area contributed by atoms with E-state index in [0.29, 0.717) is 6.54 Å². The summed E-state index contributed by atoms with van der Waals surface area (Å²) in [6.45, 7) is 3.98. The highest BCUT2D eigenvalue weighted by Crippen LogP contribution is 2.30. The first-order valence-corrected chi connectivity index (χ1v) is 5.64. The summed E-state index contributed by atoms with van der Waals surface area (Å²) >= 11 is 0. The van der Waals surface area contributed by atoms with Crippen LogP contribution in [0, 0.1) is 0 Å². The van der Waals surface area contributed by atoms with Gasteiger partial charge < -0.3 is 20.7 Å². The third-order valence-corrected chi connectivity index (χ3v) is 3.19. The summed E-state index contributed by atoms with van der Waals surface area (Å²) in [7, 11) is 0. The molecule has 0 unspecified atom stereocenters. The summed E-state index contributed by atoms with van der Waals surface area (Å²) in [4.78, 5) is 13.4. The van der Waals surface area contributed by atoms with Gasteiger partial charge in [0.25, 0.3) is 0 Å². The SMILES string of the molecule is NCCCN1CC2(CCNCC2)OC1=O. The Morgan fingerprint density at radius 1 is 1.47 bits per heavy atom. The normalized spacial score (nSPS) is 24.6. The number of hydrogen-bond acceptors (Lipinski definition) is 4. The number of nitrogens with zero attached hydrogens (tertiary/aromatic N) is 1. The number of piperidine rings is 1. The van der Waals surface area contributed by atoms with Crippen LogP contribution in [0.25, 0.3) is 0 Å². The van der Waals surface area contributed by atoms with Crippen molar-refractivity contribution in [3.8, 4) is 0 Å². The van der Waals surface area contributed by atoms with Crippen LogP contribution in [-0.4, -0.2) is 49.3 Å². The Morgan fingerprint density at radius 3 is 2.87 bits per heavy atom. The van der Waals surface area contributed by atoms with Gasteiger partial charge in [-0.15, -0.1) is 0 Å². The Hall–Kier alpha value is -0.810.